The monoisotopic (exact) mass is 418 g/mol. The van der Waals surface area contributed by atoms with Gasteiger partial charge in [0.2, 0.25) is 0 Å². The average molecular weight is 419 g/mol. The number of benzene rings is 3. The normalized spacial score (nSPS) is 10.7. The first-order valence-corrected chi connectivity index (χ1v) is 10.4. The SMILES string of the molecule is C=C(C)C(=O)OCCc1cc(CCCO)ccc1-c1ccc(-c2ccccc2)c(F)c1. The first kappa shape index (κ1) is 22.4. The molecule has 0 radical (unpaired) electrons. The van der Waals surface area contributed by atoms with Crippen LogP contribution >= 0.6 is 0 Å². The molecule has 0 spiro atoms. The van der Waals surface area contributed by atoms with Crippen LogP contribution in [0.1, 0.15) is 24.5 Å². The lowest BCUT2D eigenvalue weighted by Gasteiger charge is -2.14. The van der Waals surface area contributed by atoms with Gasteiger partial charge in [0.05, 0.1) is 6.61 Å². The van der Waals surface area contributed by atoms with Crippen LogP contribution in [-0.2, 0) is 22.4 Å². The quantitative estimate of drug-likeness (QED) is 0.356. The van der Waals surface area contributed by atoms with Crippen molar-refractivity contribution < 1.29 is 19.0 Å². The van der Waals surface area contributed by atoms with Crippen LogP contribution in [-0.4, -0.2) is 24.3 Å². The summed E-state index contributed by atoms with van der Waals surface area (Å²) < 4.78 is 20.2. The largest absolute Gasteiger partial charge is 0.462 e. The summed E-state index contributed by atoms with van der Waals surface area (Å²) in [5.74, 6) is -0.705. The van der Waals surface area contributed by atoms with Crippen molar-refractivity contribution in [3.8, 4) is 22.3 Å². The van der Waals surface area contributed by atoms with Crippen LogP contribution in [0.15, 0.2) is 78.9 Å². The number of hydrogen-bond donors (Lipinski definition) is 1. The highest BCUT2D eigenvalue weighted by Gasteiger charge is 2.12. The Bertz CT molecular complexity index is 1060. The minimum atomic E-state index is -0.420. The molecule has 3 aromatic rings. The molecule has 0 heterocycles. The topological polar surface area (TPSA) is 46.5 Å². The summed E-state index contributed by atoms with van der Waals surface area (Å²) in [7, 11) is 0. The molecule has 0 saturated carbocycles. The predicted molar refractivity (Wildman–Crippen MR) is 122 cm³/mol. The van der Waals surface area contributed by atoms with Gasteiger partial charge in [-0.3, -0.25) is 0 Å². The Kier molecular flexibility index (Phi) is 7.74. The number of aliphatic hydroxyl groups excluding tert-OH is 1. The van der Waals surface area contributed by atoms with Crippen molar-refractivity contribution in [3.63, 3.8) is 0 Å². The second-order valence-corrected chi connectivity index (χ2v) is 7.55. The third-order valence-electron chi connectivity index (χ3n) is 5.11. The Morgan fingerprint density at radius 2 is 1.71 bits per heavy atom. The van der Waals surface area contributed by atoms with E-state index in [1.165, 1.54) is 0 Å². The van der Waals surface area contributed by atoms with Gasteiger partial charge in [0.1, 0.15) is 5.82 Å². The molecule has 0 bridgehead atoms. The zero-order chi connectivity index (χ0) is 22.2. The second-order valence-electron chi connectivity index (χ2n) is 7.55. The molecule has 0 unspecified atom stereocenters. The fraction of sp³-hybridized carbons (Fsp3) is 0.222. The lowest BCUT2D eigenvalue weighted by Crippen LogP contribution is -2.09. The van der Waals surface area contributed by atoms with Gasteiger partial charge in [-0.1, -0.05) is 67.2 Å². The molecule has 4 heteroatoms. The molecule has 0 atom stereocenters. The smallest absolute Gasteiger partial charge is 0.333 e. The molecule has 0 aromatic heterocycles. The predicted octanol–water partition coefficient (Wildman–Crippen LogP) is 5.75. The van der Waals surface area contributed by atoms with Crippen molar-refractivity contribution in [1.82, 2.24) is 0 Å². The van der Waals surface area contributed by atoms with Crippen molar-refractivity contribution in [2.75, 3.05) is 13.2 Å². The summed E-state index contributed by atoms with van der Waals surface area (Å²) in [5, 5.41) is 9.13. The van der Waals surface area contributed by atoms with Gasteiger partial charge in [-0.15, -0.1) is 0 Å². The van der Waals surface area contributed by atoms with E-state index in [4.69, 9.17) is 9.84 Å². The summed E-state index contributed by atoms with van der Waals surface area (Å²) >= 11 is 0. The number of carbonyl (C=O) groups is 1. The van der Waals surface area contributed by atoms with Crippen molar-refractivity contribution in [2.24, 2.45) is 0 Å². The molecular formula is C27H27FO3. The lowest BCUT2D eigenvalue weighted by molar-refractivity contribution is -0.138. The number of ether oxygens (including phenoxy) is 1. The highest BCUT2D eigenvalue weighted by molar-refractivity contribution is 5.86. The third kappa shape index (κ3) is 5.89. The van der Waals surface area contributed by atoms with Gasteiger partial charge < -0.3 is 9.84 Å². The molecule has 0 aliphatic heterocycles. The maximum Gasteiger partial charge on any atom is 0.333 e. The van der Waals surface area contributed by atoms with Crippen molar-refractivity contribution in [1.29, 1.82) is 0 Å². The summed E-state index contributed by atoms with van der Waals surface area (Å²) in [6, 6.07) is 20.7. The third-order valence-corrected chi connectivity index (χ3v) is 5.11. The Morgan fingerprint density at radius 3 is 2.39 bits per heavy atom. The Balaban J connectivity index is 1.90. The van der Waals surface area contributed by atoms with Gasteiger partial charge in [-0.25, -0.2) is 9.18 Å². The summed E-state index contributed by atoms with van der Waals surface area (Å²) in [5.41, 5.74) is 5.47. The van der Waals surface area contributed by atoms with Gasteiger partial charge >= 0.3 is 5.97 Å². The summed E-state index contributed by atoms with van der Waals surface area (Å²) in [4.78, 5) is 11.7. The van der Waals surface area contributed by atoms with Crippen LogP contribution in [0.25, 0.3) is 22.3 Å². The van der Waals surface area contributed by atoms with E-state index in [1.807, 2.05) is 54.6 Å². The zero-order valence-corrected chi connectivity index (χ0v) is 17.7. The molecule has 160 valence electrons. The van der Waals surface area contributed by atoms with Crippen molar-refractivity contribution in [3.05, 3.63) is 95.8 Å². The van der Waals surface area contributed by atoms with Crippen LogP contribution in [0.4, 0.5) is 4.39 Å². The first-order chi connectivity index (χ1) is 15.0. The fourth-order valence-electron chi connectivity index (χ4n) is 3.49. The molecule has 0 aliphatic rings. The van der Waals surface area contributed by atoms with Crippen LogP contribution in [0, 0.1) is 5.82 Å². The average Bonchev–Trinajstić information content (AvgIpc) is 2.78. The fourth-order valence-corrected chi connectivity index (χ4v) is 3.49. The molecule has 31 heavy (non-hydrogen) atoms. The highest BCUT2D eigenvalue weighted by Crippen LogP contribution is 2.31. The Hall–Kier alpha value is -3.24. The minimum Gasteiger partial charge on any atom is -0.462 e. The standard InChI is InChI=1S/C27H27FO3/c1-19(2)27(30)31-16-14-23-17-20(7-6-15-29)10-12-24(23)22-11-13-25(26(28)18-22)21-8-4-3-5-9-21/h3-5,8-13,17-18,29H,1,6-7,14-16H2,2H3. The van der Waals surface area contributed by atoms with Crippen molar-refractivity contribution in [2.45, 2.75) is 26.2 Å². The zero-order valence-electron chi connectivity index (χ0n) is 17.7. The molecule has 0 aliphatic carbocycles. The number of hydrogen-bond acceptors (Lipinski definition) is 3. The van der Waals surface area contributed by atoms with Gasteiger partial charge in [0.15, 0.2) is 0 Å². The van der Waals surface area contributed by atoms with E-state index in [2.05, 4.69) is 6.58 Å². The Morgan fingerprint density at radius 1 is 0.968 bits per heavy atom. The molecule has 3 aromatic carbocycles. The first-order valence-electron chi connectivity index (χ1n) is 10.4. The number of esters is 1. The van der Waals surface area contributed by atoms with Crippen molar-refractivity contribution >= 4 is 5.97 Å². The van der Waals surface area contributed by atoms with E-state index in [0.717, 1.165) is 34.2 Å². The van der Waals surface area contributed by atoms with Gasteiger partial charge in [-0.2, -0.15) is 0 Å². The molecule has 1 N–H and O–H groups in total. The number of aryl methyl sites for hydroxylation is 1. The highest BCUT2D eigenvalue weighted by atomic mass is 19.1. The Labute approximate surface area is 182 Å². The summed E-state index contributed by atoms with van der Waals surface area (Å²) in [6.07, 6.45) is 1.92. The van der Waals surface area contributed by atoms with Crippen LogP contribution < -0.4 is 0 Å². The molecule has 0 saturated heterocycles. The molecule has 0 fully saturated rings. The molecule has 3 rings (SSSR count). The summed E-state index contributed by atoms with van der Waals surface area (Å²) in [6.45, 7) is 5.55. The van der Waals surface area contributed by atoms with E-state index in [9.17, 15) is 9.18 Å². The molecule has 3 nitrogen and oxygen atoms in total. The number of rotatable bonds is 9. The van der Waals surface area contributed by atoms with Crippen LogP contribution in [0.3, 0.4) is 0 Å². The maximum absolute atomic E-state index is 14.9. The van der Waals surface area contributed by atoms with E-state index in [1.54, 1.807) is 19.1 Å². The van der Waals surface area contributed by atoms with Gasteiger partial charge in [-0.05, 0) is 53.6 Å². The van der Waals surface area contributed by atoms with Gasteiger partial charge in [0.25, 0.3) is 0 Å². The van der Waals surface area contributed by atoms with E-state index in [-0.39, 0.29) is 19.0 Å². The maximum atomic E-state index is 14.9. The number of aliphatic hydroxyl groups is 1. The van der Waals surface area contributed by atoms with Gasteiger partial charge in [0, 0.05) is 24.2 Å². The lowest BCUT2D eigenvalue weighted by atomic mass is 9.93. The van der Waals surface area contributed by atoms with Crippen LogP contribution in [0.2, 0.25) is 0 Å². The number of carbonyl (C=O) groups excluding carboxylic acids is 1. The van der Waals surface area contributed by atoms with E-state index < -0.39 is 5.97 Å². The molecular weight excluding hydrogens is 391 g/mol. The van der Waals surface area contributed by atoms with E-state index in [0.29, 0.717) is 24.0 Å². The minimum absolute atomic E-state index is 0.124. The molecule has 0 amide bonds. The van der Waals surface area contributed by atoms with Crippen LogP contribution in [0.5, 0.6) is 0 Å². The second kappa shape index (κ2) is 10.7. The van der Waals surface area contributed by atoms with E-state index >= 15 is 0 Å². The number of halogens is 1.